The zero-order chi connectivity index (χ0) is 6.69. The first-order chi connectivity index (χ1) is 4.38. The number of rotatable bonds is 2. The van der Waals surface area contributed by atoms with E-state index in [-0.39, 0.29) is 12.7 Å². The molecule has 1 saturated heterocycles. The molecule has 0 aromatic heterocycles. The number of carbonyl (C=O) groups is 1. The lowest BCUT2D eigenvalue weighted by atomic mass is 9.55. The van der Waals surface area contributed by atoms with Crippen LogP contribution in [0.3, 0.4) is 0 Å². The van der Waals surface area contributed by atoms with Crippen LogP contribution >= 0.6 is 0 Å². The first kappa shape index (κ1) is 6.45. The van der Waals surface area contributed by atoms with Crippen molar-refractivity contribution in [1.82, 2.24) is 0 Å². The fourth-order valence-electron chi connectivity index (χ4n) is 1.26. The summed E-state index contributed by atoms with van der Waals surface area (Å²) < 4.78 is 0. The molecule has 1 aliphatic rings. The summed E-state index contributed by atoms with van der Waals surface area (Å²) >= 11 is 0. The maximum Gasteiger partial charge on any atom is 0.347 e. The first-order valence-corrected chi connectivity index (χ1v) is 3.16. The van der Waals surface area contributed by atoms with Crippen molar-refractivity contribution in [2.75, 3.05) is 0 Å². The van der Waals surface area contributed by atoms with Crippen LogP contribution in [0.25, 0.3) is 0 Å². The van der Waals surface area contributed by atoms with Gasteiger partial charge in [-0.1, -0.05) is 6.42 Å². The maximum atomic E-state index is 10.2. The maximum absolute atomic E-state index is 10.2. The molecule has 48 valence electrons. The van der Waals surface area contributed by atoms with Crippen LogP contribution in [0.15, 0.2) is 5.09 Å². The van der Waals surface area contributed by atoms with Crippen molar-refractivity contribution in [3.8, 4) is 0 Å². The zero-order valence-corrected chi connectivity index (χ0v) is 5.12. The van der Waals surface area contributed by atoms with Crippen molar-refractivity contribution in [3.63, 3.8) is 0 Å². The third-order valence-corrected chi connectivity index (χ3v) is 1.84. The highest BCUT2D eigenvalue weighted by Crippen LogP contribution is 2.28. The van der Waals surface area contributed by atoms with Gasteiger partial charge in [0.25, 0.3) is 0 Å². The van der Waals surface area contributed by atoms with E-state index in [0.29, 0.717) is 0 Å². The number of nitroso groups, excluding NO2 is 1. The molecule has 1 rings (SSSR count). The molecule has 3 nitrogen and oxygen atoms in total. The third-order valence-electron chi connectivity index (χ3n) is 1.84. The Morgan fingerprint density at radius 1 is 1.67 bits per heavy atom. The van der Waals surface area contributed by atoms with Gasteiger partial charge < -0.3 is 4.79 Å². The van der Waals surface area contributed by atoms with Crippen LogP contribution in [0.4, 0.5) is 0 Å². The summed E-state index contributed by atoms with van der Waals surface area (Å²) in [7, 11) is 0. The molecule has 0 spiro atoms. The van der Waals surface area contributed by atoms with Crippen LogP contribution in [-0.2, 0) is 4.79 Å². The van der Waals surface area contributed by atoms with Gasteiger partial charge in [-0.3, -0.25) is 0 Å². The van der Waals surface area contributed by atoms with Crippen LogP contribution in [-0.4, -0.2) is 13.1 Å². The van der Waals surface area contributed by atoms with Crippen LogP contribution < -0.4 is 0 Å². The minimum atomic E-state index is -0.220. The Bertz CT molecular complexity index is 114. The predicted octanol–water partition coefficient (Wildman–Crippen LogP) is 1.11. The van der Waals surface area contributed by atoms with Gasteiger partial charge in [-0.25, -0.2) is 0 Å². The van der Waals surface area contributed by atoms with Crippen LogP contribution in [0, 0.1) is 4.91 Å². The Labute approximate surface area is 53.9 Å². The third kappa shape index (κ3) is 1.17. The van der Waals surface area contributed by atoms with Gasteiger partial charge in [0.1, 0.15) is 6.29 Å². The molecule has 0 aliphatic carbocycles. The minimum absolute atomic E-state index is 0.0810. The van der Waals surface area contributed by atoms with Crippen molar-refractivity contribution in [3.05, 3.63) is 4.91 Å². The van der Waals surface area contributed by atoms with E-state index in [1.165, 1.54) is 0 Å². The van der Waals surface area contributed by atoms with E-state index in [0.717, 1.165) is 25.4 Å². The summed E-state index contributed by atoms with van der Waals surface area (Å²) in [6.07, 6.45) is 3.46. The summed E-state index contributed by atoms with van der Waals surface area (Å²) in [5.41, 5.74) is 0. The summed E-state index contributed by atoms with van der Waals surface area (Å²) in [6, 6.07) is 0. The van der Waals surface area contributed by atoms with Crippen LogP contribution in [0.1, 0.15) is 12.8 Å². The molecule has 1 aliphatic heterocycles. The molecule has 1 unspecified atom stereocenters. The average molecular weight is 125 g/mol. The molecule has 0 amide bonds. The molecular formula is C5H8BNO2. The highest BCUT2D eigenvalue weighted by Gasteiger charge is 2.32. The summed E-state index contributed by atoms with van der Waals surface area (Å²) in [6.45, 7) is -0.220. The van der Waals surface area contributed by atoms with Crippen molar-refractivity contribution in [2.45, 2.75) is 25.0 Å². The average Bonchev–Trinajstić information content (AvgIpc) is 2.33. The van der Waals surface area contributed by atoms with Gasteiger partial charge in [-0.05, 0) is 12.7 Å². The van der Waals surface area contributed by atoms with Gasteiger partial charge in [-0.15, -0.1) is 5.09 Å². The molecule has 4 heteroatoms. The molecule has 0 aromatic rings. The summed E-state index contributed by atoms with van der Waals surface area (Å²) in [5, 5.41) is 2.86. The van der Waals surface area contributed by atoms with Crippen LogP contribution in [0.2, 0.25) is 12.1 Å². The fraction of sp³-hybridized carbons (Fsp3) is 0.800. The molecule has 1 heterocycles. The van der Waals surface area contributed by atoms with E-state index in [1.54, 1.807) is 0 Å². The molecule has 0 aromatic carbocycles. The van der Waals surface area contributed by atoms with Crippen molar-refractivity contribution in [2.24, 2.45) is 5.09 Å². The van der Waals surface area contributed by atoms with Gasteiger partial charge in [-0.2, -0.15) is 4.91 Å². The summed E-state index contributed by atoms with van der Waals surface area (Å²) in [4.78, 5) is 20.1. The number of nitrogens with zero attached hydrogens (tertiary/aromatic N) is 1. The van der Waals surface area contributed by atoms with E-state index in [1.807, 2.05) is 0 Å². The molecule has 0 bridgehead atoms. The second kappa shape index (κ2) is 2.76. The Balaban J connectivity index is 2.50. The summed E-state index contributed by atoms with van der Waals surface area (Å²) in [5.74, 6) is -0.0810. The number of aldehydes is 1. The second-order valence-corrected chi connectivity index (χ2v) is 2.40. The molecular weight excluding hydrogens is 117 g/mol. The standard InChI is InChI=1S/C5H8BNO2/c8-4-5-2-1-3-6(5)7-9/h4-5H,1-3H2. The van der Waals surface area contributed by atoms with Crippen LogP contribution in [0.5, 0.6) is 0 Å². The van der Waals surface area contributed by atoms with Crippen molar-refractivity contribution in [1.29, 1.82) is 0 Å². The second-order valence-electron chi connectivity index (χ2n) is 2.40. The van der Waals surface area contributed by atoms with Gasteiger partial charge in [0.2, 0.25) is 0 Å². The zero-order valence-electron chi connectivity index (χ0n) is 5.12. The van der Waals surface area contributed by atoms with Crippen molar-refractivity contribution < 1.29 is 4.79 Å². The molecule has 1 fully saturated rings. The Kier molecular flexibility index (Phi) is 1.98. The number of hydrogen-bond donors (Lipinski definition) is 0. The predicted molar refractivity (Wildman–Crippen MR) is 35.4 cm³/mol. The highest BCUT2D eigenvalue weighted by molar-refractivity contribution is 6.62. The van der Waals surface area contributed by atoms with E-state index >= 15 is 0 Å². The quantitative estimate of drug-likeness (QED) is 0.315. The molecule has 0 saturated carbocycles. The molecule has 1 atom stereocenters. The van der Waals surface area contributed by atoms with E-state index < -0.39 is 0 Å². The Morgan fingerprint density at radius 3 is 2.89 bits per heavy atom. The lowest BCUT2D eigenvalue weighted by molar-refractivity contribution is -0.107. The molecule has 0 radical (unpaired) electrons. The Hall–Kier alpha value is -0.665. The highest BCUT2D eigenvalue weighted by atomic mass is 16.2. The Morgan fingerprint density at radius 2 is 2.44 bits per heavy atom. The van der Waals surface area contributed by atoms with E-state index in [4.69, 9.17) is 0 Å². The molecule has 9 heavy (non-hydrogen) atoms. The minimum Gasteiger partial charge on any atom is -0.304 e. The largest absolute Gasteiger partial charge is 0.347 e. The van der Waals surface area contributed by atoms with Gasteiger partial charge in [0, 0.05) is 5.82 Å². The first-order valence-electron chi connectivity index (χ1n) is 3.16. The van der Waals surface area contributed by atoms with E-state index in [2.05, 4.69) is 5.09 Å². The smallest absolute Gasteiger partial charge is 0.304 e. The lowest BCUT2D eigenvalue weighted by Crippen LogP contribution is -2.11. The van der Waals surface area contributed by atoms with E-state index in [9.17, 15) is 9.70 Å². The number of hydrogen-bond acceptors (Lipinski definition) is 3. The van der Waals surface area contributed by atoms with Gasteiger partial charge in [0.05, 0.1) is 0 Å². The number of carbonyl (C=O) groups excluding carboxylic acids is 1. The molecule has 0 N–H and O–H groups in total. The van der Waals surface area contributed by atoms with Gasteiger partial charge >= 0.3 is 6.85 Å². The fourth-order valence-corrected chi connectivity index (χ4v) is 1.26. The topological polar surface area (TPSA) is 46.5 Å². The van der Waals surface area contributed by atoms with Crippen molar-refractivity contribution >= 4 is 13.1 Å². The monoisotopic (exact) mass is 125 g/mol. The normalized spacial score (nSPS) is 26.2. The SMILES string of the molecule is O=CC1CCCB1N=O. The van der Waals surface area contributed by atoms with Gasteiger partial charge in [0.15, 0.2) is 0 Å². The lowest BCUT2D eigenvalue weighted by Gasteiger charge is -1.96.